The van der Waals surface area contributed by atoms with Gasteiger partial charge in [0.05, 0.1) is 0 Å². The third-order valence-corrected chi connectivity index (χ3v) is 19.1. The van der Waals surface area contributed by atoms with Gasteiger partial charge in [0.15, 0.2) is 0 Å². The number of hydrogen-bond donors (Lipinski definition) is 0. The normalized spacial score (nSPS) is 12.5. The molecule has 6 aromatic carbocycles. The molecule has 73 heavy (non-hydrogen) atoms. The Balaban J connectivity index is 1.04. The van der Waals surface area contributed by atoms with Gasteiger partial charge in [-0.05, 0) is 0 Å². The monoisotopic (exact) mass is 1110 g/mol. The van der Waals surface area contributed by atoms with E-state index in [1.807, 2.05) is 135 Å². The summed E-state index contributed by atoms with van der Waals surface area (Å²) in [6.45, 7) is 8.98. The van der Waals surface area contributed by atoms with Gasteiger partial charge in [0.2, 0.25) is 0 Å². The Morgan fingerprint density at radius 3 is 1.55 bits per heavy atom. The molecule has 4 heterocycles. The number of rotatable bonds is 12. The van der Waals surface area contributed by atoms with Gasteiger partial charge >= 0.3 is 436 Å². The van der Waals surface area contributed by atoms with E-state index in [9.17, 15) is 26.3 Å². The van der Waals surface area contributed by atoms with Crippen LogP contribution in [0.5, 0.6) is 11.5 Å². The van der Waals surface area contributed by atoms with Gasteiger partial charge in [0, 0.05) is 0 Å². The summed E-state index contributed by atoms with van der Waals surface area (Å²) in [7, 11) is 0. The Bertz CT molecular complexity index is 3650. The van der Waals surface area contributed by atoms with E-state index < -0.39 is 23.2 Å². The minimum absolute atomic E-state index is 0.0947. The van der Waals surface area contributed by atoms with E-state index in [0.717, 1.165) is 90.8 Å². The van der Waals surface area contributed by atoms with Crippen LogP contribution in [0.2, 0.25) is 0 Å². The fourth-order valence-corrected chi connectivity index (χ4v) is 14.5. The first-order valence-electron chi connectivity index (χ1n) is 23.9. The van der Waals surface area contributed by atoms with Crippen LogP contribution in [-0.2, 0) is 12.8 Å². The fraction of sp³-hybridized carbons (Fsp3) is 0.194. The molecule has 10 aromatic rings. The van der Waals surface area contributed by atoms with Crippen molar-refractivity contribution in [3.8, 4) is 76.3 Å². The van der Waals surface area contributed by atoms with E-state index in [1.54, 1.807) is 0 Å². The van der Waals surface area contributed by atoms with Crippen LogP contribution in [0.15, 0.2) is 170 Å². The summed E-state index contributed by atoms with van der Waals surface area (Å²) in [6.07, 6.45) is -5.15. The first kappa shape index (κ1) is 50.1. The van der Waals surface area contributed by atoms with Crippen molar-refractivity contribution in [3.63, 3.8) is 0 Å². The SMILES string of the molecule is Cc1cc(-c2cc3ccnc(-c4cc(Oc5cc(-c6ccccc6)cc(-c6nccc7c(C)c(-c8ccc(CC(C)(C)C(F)(F)F)cc8)[se]c67)c5)cc(-c5ccccc5)c4)c3[se]2)ccc1CC(C)(C)C(F)(F)F. The molecule has 0 spiro atoms. The minimum atomic E-state index is -4.31. The predicted octanol–water partition coefficient (Wildman–Crippen LogP) is 17.6. The maximum absolute atomic E-state index is 13.8. The summed E-state index contributed by atoms with van der Waals surface area (Å²) in [4.78, 5) is 10.0. The van der Waals surface area contributed by atoms with Crippen molar-refractivity contribution in [1.82, 2.24) is 9.97 Å². The van der Waals surface area contributed by atoms with Gasteiger partial charge in [-0.2, -0.15) is 0 Å². The summed E-state index contributed by atoms with van der Waals surface area (Å²) >= 11 is -0.316. The number of benzene rings is 6. The Hall–Kier alpha value is -6.48. The van der Waals surface area contributed by atoms with Gasteiger partial charge in [0.25, 0.3) is 0 Å². The summed E-state index contributed by atoms with van der Waals surface area (Å²) < 4.78 is 94.4. The Labute approximate surface area is 433 Å². The molecule has 10 rings (SSSR count). The first-order valence-corrected chi connectivity index (χ1v) is 27.3. The summed E-state index contributed by atoms with van der Waals surface area (Å²) in [5.74, 6) is 1.24. The van der Waals surface area contributed by atoms with E-state index in [2.05, 4.69) is 49.4 Å². The molecule has 3 nitrogen and oxygen atoms in total. The van der Waals surface area contributed by atoms with Crippen LogP contribution in [0.3, 0.4) is 0 Å². The molecule has 0 bridgehead atoms. The number of halogens is 6. The number of aromatic nitrogens is 2. The van der Waals surface area contributed by atoms with Gasteiger partial charge in [-0.25, -0.2) is 0 Å². The van der Waals surface area contributed by atoms with Crippen LogP contribution in [0, 0.1) is 24.7 Å². The van der Waals surface area contributed by atoms with Crippen molar-refractivity contribution in [2.75, 3.05) is 0 Å². The molecule has 0 saturated carbocycles. The van der Waals surface area contributed by atoms with Crippen LogP contribution in [0.25, 0.3) is 84.1 Å². The second-order valence-electron chi connectivity index (χ2n) is 20.1. The zero-order valence-corrected chi connectivity index (χ0v) is 44.4. The van der Waals surface area contributed by atoms with Crippen molar-refractivity contribution in [3.05, 3.63) is 192 Å². The summed E-state index contributed by atoms with van der Waals surface area (Å²) in [5, 5.41) is 2.17. The Kier molecular flexibility index (Phi) is 13.3. The number of nitrogens with zero attached hydrogens (tertiary/aromatic N) is 2. The van der Waals surface area contributed by atoms with Gasteiger partial charge < -0.3 is 0 Å². The van der Waals surface area contributed by atoms with Crippen molar-refractivity contribution in [1.29, 1.82) is 0 Å². The van der Waals surface area contributed by atoms with E-state index in [0.29, 0.717) is 22.6 Å². The average molecular weight is 1110 g/mol. The van der Waals surface area contributed by atoms with Crippen molar-refractivity contribution >= 4 is 48.3 Å². The molecule has 0 aliphatic carbocycles. The summed E-state index contributed by atoms with van der Waals surface area (Å²) in [6, 6.07) is 52.4. The van der Waals surface area contributed by atoms with E-state index in [4.69, 9.17) is 14.7 Å². The Morgan fingerprint density at radius 1 is 0.466 bits per heavy atom. The summed E-state index contributed by atoms with van der Waals surface area (Å²) in [5.41, 5.74) is 9.00. The number of aryl methyl sites for hydroxylation is 2. The van der Waals surface area contributed by atoms with Crippen LogP contribution in [0.4, 0.5) is 26.3 Å². The molecule has 0 aliphatic heterocycles. The van der Waals surface area contributed by atoms with Crippen LogP contribution < -0.4 is 4.74 Å². The molecule has 368 valence electrons. The van der Waals surface area contributed by atoms with E-state index in [-0.39, 0.29) is 41.8 Å². The van der Waals surface area contributed by atoms with Crippen molar-refractivity contribution in [2.24, 2.45) is 10.8 Å². The molecule has 0 aliphatic rings. The third kappa shape index (κ3) is 10.3. The van der Waals surface area contributed by atoms with E-state index in [1.165, 1.54) is 32.1 Å². The van der Waals surface area contributed by atoms with Gasteiger partial charge in [-0.15, -0.1) is 0 Å². The number of ether oxygens (including phenoxy) is 1. The molecule has 11 heteroatoms. The van der Waals surface area contributed by atoms with Crippen LogP contribution >= 0.6 is 0 Å². The molecular formula is C62H50F6N2OSe2. The number of pyridine rings is 2. The number of alkyl halides is 6. The molecule has 0 amide bonds. The van der Waals surface area contributed by atoms with E-state index >= 15 is 0 Å². The predicted molar refractivity (Wildman–Crippen MR) is 287 cm³/mol. The second-order valence-corrected chi connectivity index (χ2v) is 24.4. The average Bonchev–Trinajstić information content (AvgIpc) is 3.96. The van der Waals surface area contributed by atoms with Gasteiger partial charge in [-0.1, -0.05) is 0 Å². The molecule has 0 N–H and O–H groups in total. The second kappa shape index (κ2) is 19.4. The van der Waals surface area contributed by atoms with Crippen LogP contribution in [-0.4, -0.2) is 51.3 Å². The Morgan fingerprint density at radius 2 is 0.986 bits per heavy atom. The fourth-order valence-electron chi connectivity index (χ4n) is 9.27. The van der Waals surface area contributed by atoms with Gasteiger partial charge in [-0.3, -0.25) is 0 Å². The topological polar surface area (TPSA) is 35.0 Å². The molecule has 4 aromatic heterocycles. The zero-order valence-electron chi connectivity index (χ0n) is 41.0. The molecule has 0 radical (unpaired) electrons. The van der Waals surface area contributed by atoms with Crippen molar-refractivity contribution in [2.45, 2.75) is 66.7 Å². The number of fused-ring (bicyclic) bond motifs is 2. The molecule has 0 unspecified atom stereocenters. The quantitative estimate of drug-likeness (QED) is 0.0903. The van der Waals surface area contributed by atoms with Crippen LogP contribution in [0.1, 0.15) is 49.9 Å². The van der Waals surface area contributed by atoms with Crippen molar-refractivity contribution < 1.29 is 31.1 Å². The molecule has 0 atom stereocenters. The molecule has 0 saturated heterocycles. The molecular weight excluding hydrogens is 1060 g/mol. The van der Waals surface area contributed by atoms with Gasteiger partial charge in [0.1, 0.15) is 0 Å². The standard InChI is InChI=1S/C62H50F6N2OSe2/c1-37-27-43(21-22-45(37)36-60(5,6)62(66,67)68)53-34-44-23-25-69-54(57(44)72-53)48-28-46(40-13-9-7-10-14-40)30-50(32-48)71-51-31-47(41-15-11-8-12-16-41)29-49(33-51)55-58-52(24-26-70-55)38(2)56(73-58)42-19-17-39(18-20-42)35-59(3,4)61(63,64)65/h7-34H,35-36H2,1-6H3. The third-order valence-electron chi connectivity index (χ3n) is 13.8. The maximum atomic E-state index is 13.8. The molecule has 0 fully saturated rings. The first-order chi connectivity index (χ1) is 34.7. The number of hydrogen-bond acceptors (Lipinski definition) is 3. The zero-order chi connectivity index (χ0) is 51.5.